The molecule has 2 nitrogen and oxygen atoms in total. The average Bonchev–Trinajstić information content (AvgIpc) is 2.22. The van der Waals surface area contributed by atoms with Crippen LogP contribution in [0.2, 0.25) is 0 Å². The third kappa shape index (κ3) is 4.77. The van der Waals surface area contributed by atoms with Gasteiger partial charge in [-0.3, -0.25) is 0 Å². The maximum atomic E-state index is 13.1. The first-order valence-electron chi connectivity index (χ1n) is 5.90. The first-order chi connectivity index (χ1) is 8.29. The van der Waals surface area contributed by atoms with Gasteiger partial charge in [0.1, 0.15) is 18.2 Å². The Morgan fingerprint density at radius 2 is 2.06 bits per heavy atom. The summed E-state index contributed by atoms with van der Waals surface area (Å²) >= 11 is 0. The predicted molar refractivity (Wildman–Crippen MR) is 69.8 cm³/mol. The summed E-state index contributed by atoms with van der Waals surface area (Å²) < 4.78 is 18.5. The van der Waals surface area contributed by atoms with Crippen molar-refractivity contribution in [1.29, 1.82) is 0 Å². The van der Waals surface area contributed by atoms with Crippen LogP contribution in [0.5, 0.6) is 5.75 Å². The molecule has 0 bridgehead atoms. The molecule has 0 fully saturated rings. The van der Waals surface area contributed by atoms with Gasteiger partial charge in [0.05, 0.1) is 6.10 Å². The highest BCUT2D eigenvalue weighted by Crippen LogP contribution is 2.25. The second kappa shape index (κ2) is 5.88. The summed E-state index contributed by atoms with van der Waals surface area (Å²) in [5, 5.41) is 9.54. The van der Waals surface area contributed by atoms with E-state index in [0.29, 0.717) is 11.3 Å². The fourth-order valence-corrected chi connectivity index (χ4v) is 1.39. The number of aliphatic hydroxyl groups excluding tert-OH is 1. The molecule has 0 heterocycles. The van der Waals surface area contributed by atoms with Crippen molar-refractivity contribution in [2.45, 2.75) is 33.8 Å². The minimum Gasteiger partial charge on any atom is -0.480 e. The smallest absolute Gasteiger partial charge is 0.149 e. The van der Waals surface area contributed by atoms with Gasteiger partial charge in [0.25, 0.3) is 0 Å². The molecule has 0 aliphatic rings. The molecule has 18 heavy (non-hydrogen) atoms. The number of hydrogen-bond acceptors (Lipinski definition) is 2. The molecule has 1 atom stereocenters. The standard InChI is InChI=1S/C15H19FO2/c1-11(17)13-7-6-12(16)10-14(13)18-9-5-8-15(2,3)4/h6-7,10-11,17H,9H2,1-4H3. The lowest BCUT2D eigenvalue weighted by Crippen LogP contribution is -2.04. The summed E-state index contributed by atoms with van der Waals surface area (Å²) in [4.78, 5) is 0. The van der Waals surface area contributed by atoms with Crippen molar-refractivity contribution in [1.82, 2.24) is 0 Å². The van der Waals surface area contributed by atoms with E-state index < -0.39 is 11.9 Å². The SMILES string of the molecule is CC(O)c1ccc(F)cc1OCC#CC(C)(C)C. The zero-order chi connectivity index (χ0) is 13.8. The fraction of sp³-hybridized carbons (Fsp3) is 0.467. The maximum Gasteiger partial charge on any atom is 0.149 e. The van der Waals surface area contributed by atoms with Crippen molar-refractivity contribution >= 4 is 0 Å². The molecule has 1 rings (SSSR count). The summed E-state index contributed by atoms with van der Waals surface area (Å²) in [6.07, 6.45) is -0.698. The van der Waals surface area contributed by atoms with Gasteiger partial charge in [-0.05, 0) is 39.8 Å². The Kier molecular flexibility index (Phi) is 4.75. The van der Waals surface area contributed by atoms with Crippen LogP contribution in [0.15, 0.2) is 18.2 Å². The van der Waals surface area contributed by atoms with Crippen molar-refractivity contribution < 1.29 is 14.2 Å². The first kappa shape index (κ1) is 14.5. The molecule has 98 valence electrons. The van der Waals surface area contributed by atoms with Crippen molar-refractivity contribution in [3.05, 3.63) is 29.6 Å². The molecule has 1 aromatic carbocycles. The van der Waals surface area contributed by atoms with Gasteiger partial charge >= 0.3 is 0 Å². The van der Waals surface area contributed by atoms with Crippen LogP contribution < -0.4 is 4.74 Å². The second-order valence-corrected chi connectivity index (χ2v) is 5.20. The van der Waals surface area contributed by atoms with Gasteiger partial charge < -0.3 is 9.84 Å². The normalized spacial score (nSPS) is 12.6. The van der Waals surface area contributed by atoms with E-state index in [1.807, 2.05) is 20.8 Å². The summed E-state index contributed by atoms with van der Waals surface area (Å²) in [6.45, 7) is 7.80. The third-order valence-corrected chi connectivity index (χ3v) is 2.19. The van der Waals surface area contributed by atoms with Gasteiger partial charge in [-0.1, -0.05) is 11.8 Å². The molecule has 0 aromatic heterocycles. The Balaban J connectivity index is 2.77. The van der Waals surface area contributed by atoms with Crippen molar-refractivity contribution in [2.75, 3.05) is 6.61 Å². The van der Waals surface area contributed by atoms with Crippen LogP contribution in [0, 0.1) is 23.1 Å². The van der Waals surface area contributed by atoms with Gasteiger partial charge in [0.15, 0.2) is 0 Å². The van der Waals surface area contributed by atoms with Crippen LogP contribution in [0.4, 0.5) is 4.39 Å². The lowest BCUT2D eigenvalue weighted by molar-refractivity contribution is 0.193. The average molecular weight is 250 g/mol. The van der Waals surface area contributed by atoms with Gasteiger partial charge in [-0.15, -0.1) is 0 Å². The Morgan fingerprint density at radius 3 is 2.61 bits per heavy atom. The van der Waals surface area contributed by atoms with E-state index in [0.717, 1.165) is 0 Å². The van der Waals surface area contributed by atoms with Crippen LogP contribution in [0.25, 0.3) is 0 Å². The number of halogens is 1. The predicted octanol–water partition coefficient (Wildman–Crippen LogP) is 3.31. The lowest BCUT2D eigenvalue weighted by Gasteiger charge is -2.12. The first-order valence-corrected chi connectivity index (χ1v) is 5.90. The summed E-state index contributed by atoms with van der Waals surface area (Å²) in [6, 6.07) is 4.09. The van der Waals surface area contributed by atoms with E-state index in [1.165, 1.54) is 18.2 Å². The van der Waals surface area contributed by atoms with Crippen LogP contribution in [-0.4, -0.2) is 11.7 Å². The van der Waals surface area contributed by atoms with Crippen molar-refractivity contribution in [2.24, 2.45) is 5.41 Å². The van der Waals surface area contributed by atoms with Crippen LogP contribution >= 0.6 is 0 Å². The van der Waals surface area contributed by atoms with Gasteiger partial charge in [-0.2, -0.15) is 0 Å². The summed E-state index contributed by atoms with van der Waals surface area (Å²) in [7, 11) is 0. The van der Waals surface area contributed by atoms with Gasteiger partial charge in [0, 0.05) is 17.0 Å². The molecule has 1 N–H and O–H groups in total. The highest BCUT2D eigenvalue weighted by atomic mass is 19.1. The number of aliphatic hydroxyl groups is 1. The van der Waals surface area contributed by atoms with Crippen molar-refractivity contribution in [3.8, 4) is 17.6 Å². The lowest BCUT2D eigenvalue weighted by atomic mass is 9.98. The minimum absolute atomic E-state index is 0.0849. The Morgan fingerprint density at radius 1 is 1.39 bits per heavy atom. The highest BCUT2D eigenvalue weighted by molar-refractivity contribution is 5.35. The summed E-state index contributed by atoms with van der Waals surface area (Å²) in [5.41, 5.74) is 0.479. The van der Waals surface area contributed by atoms with E-state index >= 15 is 0 Å². The zero-order valence-corrected chi connectivity index (χ0v) is 11.2. The summed E-state index contributed by atoms with van der Waals surface area (Å²) in [5.74, 6) is 5.86. The molecule has 0 radical (unpaired) electrons. The molecule has 0 aliphatic carbocycles. The number of hydrogen-bond donors (Lipinski definition) is 1. The van der Waals surface area contributed by atoms with Crippen LogP contribution in [0.1, 0.15) is 39.4 Å². The van der Waals surface area contributed by atoms with Gasteiger partial charge in [-0.25, -0.2) is 4.39 Å². The monoisotopic (exact) mass is 250 g/mol. The molecule has 0 amide bonds. The highest BCUT2D eigenvalue weighted by Gasteiger charge is 2.10. The molecule has 0 saturated carbocycles. The van der Waals surface area contributed by atoms with Crippen molar-refractivity contribution in [3.63, 3.8) is 0 Å². The van der Waals surface area contributed by atoms with E-state index in [1.54, 1.807) is 6.92 Å². The number of rotatable bonds is 3. The minimum atomic E-state index is -0.698. The number of benzene rings is 1. The Bertz CT molecular complexity index is 462. The molecular formula is C15H19FO2. The largest absolute Gasteiger partial charge is 0.480 e. The third-order valence-electron chi connectivity index (χ3n) is 2.19. The second-order valence-electron chi connectivity index (χ2n) is 5.20. The van der Waals surface area contributed by atoms with Crippen LogP contribution in [-0.2, 0) is 0 Å². The van der Waals surface area contributed by atoms with E-state index in [-0.39, 0.29) is 12.0 Å². The molecule has 1 unspecified atom stereocenters. The molecule has 0 saturated heterocycles. The maximum absolute atomic E-state index is 13.1. The zero-order valence-electron chi connectivity index (χ0n) is 11.2. The molecule has 3 heteroatoms. The topological polar surface area (TPSA) is 29.5 Å². The Labute approximate surface area is 108 Å². The van der Waals surface area contributed by atoms with E-state index in [9.17, 15) is 9.50 Å². The fourth-order valence-electron chi connectivity index (χ4n) is 1.39. The van der Waals surface area contributed by atoms with E-state index in [2.05, 4.69) is 11.8 Å². The molecule has 0 aliphatic heterocycles. The Hall–Kier alpha value is -1.53. The molecular weight excluding hydrogens is 231 g/mol. The molecule has 1 aromatic rings. The quantitative estimate of drug-likeness (QED) is 0.834. The van der Waals surface area contributed by atoms with Gasteiger partial charge in [0.2, 0.25) is 0 Å². The van der Waals surface area contributed by atoms with E-state index in [4.69, 9.17) is 4.74 Å². The number of ether oxygens (including phenoxy) is 1. The van der Waals surface area contributed by atoms with Crippen LogP contribution in [0.3, 0.4) is 0 Å². The molecule has 0 spiro atoms.